The van der Waals surface area contributed by atoms with Crippen LogP contribution < -0.4 is 5.32 Å². The number of carbonyl (C=O) groups excluding carboxylic acids is 1. The van der Waals surface area contributed by atoms with Gasteiger partial charge in [0.25, 0.3) is 0 Å². The lowest BCUT2D eigenvalue weighted by Gasteiger charge is -2.28. The van der Waals surface area contributed by atoms with Gasteiger partial charge in [-0.3, -0.25) is 4.79 Å². The first-order valence-corrected chi connectivity index (χ1v) is 6.89. The average Bonchev–Trinajstić information content (AvgIpc) is 3.02. The predicted octanol–water partition coefficient (Wildman–Crippen LogP) is 0.192. The van der Waals surface area contributed by atoms with Crippen molar-refractivity contribution >= 4 is 5.91 Å². The summed E-state index contributed by atoms with van der Waals surface area (Å²) in [4.78, 5) is 14.3. The Balaban J connectivity index is 1.69. The Morgan fingerprint density at radius 2 is 1.89 bits per heavy atom. The van der Waals surface area contributed by atoms with Crippen LogP contribution in [0, 0.1) is 5.92 Å². The number of benzene rings is 1. The van der Waals surface area contributed by atoms with Gasteiger partial charge in [0.1, 0.15) is 0 Å². The third-order valence-electron chi connectivity index (χ3n) is 4.40. The molecule has 102 valence electrons. The molecule has 0 aromatic heterocycles. The van der Waals surface area contributed by atoms with E-state index in [4.69, 9.17) is 0 Å². The second-order valence-electron chi connectivity index (χ2n) is 5.62. The van der Waals surface area contributed by atoms with Crippen molar-refractivity contribution in [2.24, 2.45) is 5.92 Å². The Morgan fingerprint density at radius 3 is 2.42 bits per heavy atom. The van der Waals surface area contributed by atoms with Crippen LogP contribution in [0.3, 0.4) is 0 Å². The fourth-order valence-electron chi connectivity index (χ4n) is 3.23. The van der Waals surface area contributed by atoms with Gasteiger partial charge in [-0.1, -0.05) is 24.3 Å². The number of aliphatic hydroxyl groups excluding tert-OH is 1. The minimum absolute atomic E-state index is 0.0372. The lowest BCUT2D eigenvalue weighted by molar-refractivity contribution is -0.137. The van der Waals surface area contributed by atoms with Crippen molar-refractivity contribution in [3.05, 3.63) is 35.4 Å². The molecule has 0 saturated carbocycles. The Morgan fingerprint density at radius 1 is 1.26 bits per heavy atom. The fraction of sp³-hybridized carbons (Fsp3) is 0.533. The standard InChI is InChI=1S/C15H20N2O2/c1-17(13-8-16-9-14(13)18)15(19)12-6-10-4-2-3-5-11(10)7-12/h2-5,12-14,16,18H,6-9H2,1H3/t13-,14-/m0/s1. The highest BCUT2D eigenvalue weighted by Crippen LogP contribution is 2.28. The molecule has 2 N–H and O–H groups in total. The number of likely N-dealkylation sites (N-methyl/N-ethyl adjacent to an activating group) is 1. The Bertz CT molecular complexity index is 464. The third-order valence-corrected chi connectivity index (χ3v) is 4.40. The van der Waals surface area contributed by atoms with Crippen LogP contribution >= 0.6 is 0 Å². The highest BCUT2D eigenvalue weighted by Gasteiger charge is 2.36. The molecule has 0 bridgehead atoms. The van der Waals surface area contributed by atoms with Gasteiger partial charge in [0.15, 0.2) is 0 Å². The quantitative estimate of drug-likeness (QED) is 0.798. The predicted molar refractivity (Wildman–Crippen MR) is 72.8 cm³/mol. The summed E-state index contributed by atoms with van der Waals surface area (Å²) in [6.07, 6.45) is 1.21. The number of hydrogen-bond donors (Lipinski definition) is 2. The second-order valence-corrected chi connectivity index (χ2v) is 5.62. The first-order valence-electron chi connectivity index (χ1n) is 6.89. The number of nitrogens with one attached hydrogen (secondary N) is 1. The van der Waals surface area contributed by atoms with Gasteiger partial charge in [-0.15, -0.1) is 0 Å². The minimum atomic E-state index is -0.447. The van der Waals surface area contributed by atoms with Gasteiger partial charge < -0.3 is 15.3 Å². The molecule has 1 aliphatic carbocycles. The number of rotatable bonds is 2. The zero-order valence-electron chi connectivity index (χ0n) is 11.2. The number of β-amino-alcohol motifs (C(OH)–C–C–N with tert-alkyl or cyclic N) is 1. The van der Waals surface area contributed by atoms with E-state index < -0.39 is 6.10 Å². The van der Waals surface area contributed by atoms with Crippen molar-refractivity contribution in [2.45, 2.75) is 25.0 Å². The smallest absolute Gasteiger partial charge is 0.226 e. The molecule has 4 heteroatoms. The first-order chi connectivity index (χ1) is 9.16. The highest BCUT2D eigenvalue weighted by molar-refractivity contribution is 5.80. The second kappa shape index (κ2) is 4.94. The number of hydrogen-bond acceptors (Lipinski definition) is 3. The molecule has 2 aliphatic rings. The van der Waals surface area contributed by atoms with E-state index >= 15 is 0 Å². The van der Waals surface area contributed by atoms with E-state index in [2.05, 4.69) is 17.4 Å². The lowest BCUT2D eigenvalue weighted by atomic mass is 10.0. The molecule has 0 unspecified atom stereocenters. The van der Waals surface area contributed by atoms with E-state index in [1.54, 1.807) is 4.90 Å². The molecule has 1 fully saturated rings. The highest BCUT2D eigenvalue weighted by atomic mass is 16.3. The SMILES string of the molecule is CN(C(=O)C1Cc2ccccc2C1)[C@H]1CNC[C@@H]1O. The van der Waals surface area contributed by atoms with Crippen LogP contribution in [-0.4, -0.2) is 48.2 Å². The van der Waals surface area contributed by atoms with E-state index in [-0.39, 0.29) is 17.9 Å². The van der Waals surface area contributed by atoms with Crippen molar-refractivity contribution in [1.82, 2.24) is 10.2 Å². The summed E-state index contributed by atoms with van der Waals surface area (Å²) < 4.78 is 0. The lowest BCUT2D eigenvalue weighted by Crippen LogP contribution is -2.46. The van der Waals surface area contributed by atoms with Crippen molar-refractivity contribution in [3.8, 4) is 0 Å². The maximum Gasteiger partial charge on any atom is 0.226 e. The van der Waals surface area contributed by atoms with Crippen molar-refractivity contribution < 1.29 is 9.90 Å². The van der Waals surface area contributed by atoms with Gasteiger partial charge in [-0.25, -0.2) is 0 Å². The molecule has 2 atom stereocenters. The van der Waals surface area contributed by atoms with Crippen molar-refractivity contribution in [3.63, 3.8) is 0 Å². The molecule has 1 saturated heterocycles. The number of amides is 1. The van der Waals surface area contributed by atoms with Crippen molar-refractivity contribution in [2.75, 3.05) is 20.1 Å². The molecule has 1 aliphatic heterocycles. The molecule has 0 spiro atoms. The molecule has 1 aromatic rings. The molecule has 0 radical (unpaired) electrons. The van der Waals surface area contributed by atoms with Gasteiger partial charge in [0.2, 0.25) is 5.91 Å². The van der Waals surface area contributed by atoms with Gasteiger partial charge in [-0.05, 0) is 24.0 Å². The van der Waals surface area contributed by atoms with Gasteiger partial charge >= 0.3 is 0 Å². The summed E-state index contributed by atoms with van der Waals surface area (Å²) in [5.41, 5.74) is 2.58. The van der Waals surface area contributed by atoms with Crippen LogP contribution in [0.15, 0.2) is 24.3 Å². The Hall–Kier alpha value is -1.39. The summed E-state index contributed by atoms with van der Waals surface area (Å²) in [7, 11) is 1.81. The van der Waals surface area contributed by atoms with Gasteiger partial charge in [0.05, 0.1) is 12.1 Å². The number of aliphatic hydroxyl groups is 1. The first kappa shape index (κ1) is 12.6. The largest absolute Gasteiger partial charge is 0.390 e. The number of carbonyl (C=O) groups is 1. The molecule has 1 heterocycles. The third kappa shape index (κ3) is 2.26. The zero-order valence-corrected chi connectivity index (χ0v) is 11.2. The Labute approximate surface area is 113 Å². The Kier molecular flexibility index (Phi) is 3.29. The van der Waals surface area contributed by atoms with E-state index in [1.165, 1.54) is 11.1 Å². The van der Waals surface area contributed by atoms with E-state index in [0.717, 1.165) is 12.8 Å². The normalized spacial score (nSPS) is 26.4. The van der Waals surface area contributed by atoms with Crippen molar-refractivity contribution in [1.29, 1.82) is 0 Å². The average molecular weight is 260 g/mol. The van der Waals surface area contributed by atoms with Gasteiger partial charge in [-0.2, -0.15) is 0 Å². The topological polar surface area (TPSA) is 52.6 Å². The van der Waals surface area contributed by atoms with E-state index in [0.29, 0.717) is 13.1 Å². The molecule has 19 heavy (non-hydrogen) atoms. The molecule has 1 amide bonds. The van der Waals surface area contributed by atoms with Crippen LogP contribution in [0.25, 0.3) is 0 Å². The van der Waals surface area contributed by atoms with Crippen LogP contribution in [-0.2, 0) is 17.6 Å². The molecule has 4 nitrogen and oxygen atoms in total. The van der Waals surface area contributed by atoms with Gasteiger partial charge in [0, 0.05) is 26.1 Å². The summed E-state index contributed by atoms with van der Waals surface area (Å²) >= 11 is 0. The summed E-state index contributed by atoms with van der Waals surface area (Å²) in [6, 6.07) is 8.18. The van der Waals surface area contributed by atoms with E-state index in [9.17, 15) is 9.90 Å². The van der Waals surface area contributed by atoms with Crippen LogP contribution in [0.4, 0.5) is 0 Å². The maximum atomic E-state index is 12.5. The van der Waals surface area contributed by atoms with Crippen LogP contribution in [0.2, 0.25) is 0 Å². The molecular formula is C15H20N2O2. The minimum Gasteiger partial charge on any atom is -0.390 e. The van der Waals surface area contributed by atoms with Crippen LogP contribution in [0.1, 0.15) is 11.1 Å². The summed E-state index contributed by atoms with van der Waals surface area (Å²) in [5.74, 6) is 0.194. The number of fused-ring (bicyclic) bond motifs is 1. The summed E-state index contributed by atoms with van der Waals surface area (Å²) in [6.45, 7) is 1.26. The number of nitrogens with zero attached hydrogens (tertiary/aromatic N) is 1. The fourth-order valence-corrected chi connectivity index (χ4v) is 3.23. The summed E-state index contributed by atoms with van der Waals surface area (Å²) in [5, 5.41) is 13.0. The van der Waals surface area contributed by atoms with Crippen LogP contribution in [0.5, 0.6) is 0 Å². The molecule has 3 rings (SSSR count). The molecule has 1 aromatic carbocycles. The maximum absolute atomic E-state index is 12.5. The molecular weight excluding hydrogens is 240 g/mol. The zero-order chi connectivity index (χ0) is 13.4. The monoisotopic (exact) mass is 260 g/mol. The van der Waals surface area contributed by atoms with E-state index in [1.807, 2.05) is 19.2 Å².